The number of ether oxygens (including phenoxy) is 1. The van der Waals surface area contributed by atoms with E-state index in [-0.39, 0.29) is 41.8 Å². The Bertz CT molecular complexity index is 2400. The highest BCUT2D eigenvalue weighted by Gasteiger charge is 2.42. The van der Waals surface area contributed by atoms with Gasteiger partial charge in [-0.2, -0.15) is 0 Å². The number of rotatable bonds is 16. The third kappa shape index (κ3) is 10.1. The van der Waals surface area contributed by atoms with Crippen LogP contribution in [0, 0.1) is 5.92 Å². The summed E-state index contributed by atoms with van der Waals surface area (Å²) in [6.07, 6.45) is 1.40. The number of phenols is 1. The first kappa shape index (κ1) is 41.1. The Morgan fingerprint density at radius 1 is 0.814 bits per heavy atom. The van der Waals surface area contributed by atoms with Crippen molar-refractivity contribution < 1.29 is 29.6 Å². The van der Waals surface area contributed by atoms with E-state index in [1.54, 1.807) is 66.7 Å². The van der Waals surface area contributed by atoms with Crippen molar-refractivity contribution in [2.24, 2.45) is 5.92 Å². The standard InChI is InChI=1S/C48H50N4O7/c53-42-20-18-40(41-19-21-44(55)51-45(41)42)43(54)30-49-29-34-14-16-37(17-15-34)46(56)50-25-22-33-10-7-13-39(28-33)48(58,38-11-5-2-6-12-38)47(57)59-32-36-23-26-52(27-24-36)31-35-8-3-1-4-9-35/h1-21,28,36,43,49,53-54,58H,22-27,29-32H2,(H,50,56)(H,51,55)/t43-,48?/m1/s1. The van der Waals surface area contributed by atoms with Gasteiger partial charge < -0.3 is 35.7 Å². The molecule has 6 aromatic rings. The maximum atomic E-state index is 13.8. The van der Waals surface area contributed by atoms with E-state index in [2.05, 4.69) is 44.8 Å². The minimum Gasteiger partial charge on any atom is -0.506 e. The molecule has 11 nitrogen and oxygen atoms in total. The lowest BCUT2D eigenvalue weighted by molar-refractivity contribution is -0.164. The van der Waals surface area contributed by atoms with Crippen LogP contribution in [0.3, 0.4) is 0 Å². The summed E-state index contributed by atoms with van der Waals surface area (Å²) in [5.74, 6) is -0.797. The van der Waals surface area contributed by atoms with Gasteiger partial charge in [0.2, 0.25) is 11.2 Å². The van der Waals surface area contributed by atoms with E-state index < -0.39 is 17.7 Å². The number of nitrogens with one attached hydrogen (secondary N) is 3. The van der Waals surface area contributed by atoms with Gasteiger partial charge >= 0.3 is 5.97 Å². The van der Waals surface area contributed by atoms with Crippen LogP contribution in [0.4, 0.5) is 0 Å². The van der Waals surface area contributed by atoms with Gasteiger partial charge in [0.15, 0.2) is 0 Å². The maximum absolute atomic E-state index is 13.8. The number of nitrogens with zero attached hydrogens (tertiary/aromatic N) is 1. The van der Waals surface area contributed by atoms with Crippen molar-refractivity contribution in [1.29, 1.82) is 0 Å². The van der Waals surface area contributed by atoms with Crippen LogP contribution >= 0.6 is 0 Å². The van der Waals surface area contributed by atoms with Gasteiger partial charge in [-0.05, 0) is 95.9 Å². The molecule has 1 aromatic heterocycles. The number of aliphatic hydroxyl groups is 2. The number of H-pyrrole nitrogens is 1. The summed E-state index contributed by atoms with van der Waals surface area (Å²) in [5.41, 5.74) is 2.86. The second kappa shape index (κ2) is 19.1. The van der Waals surface area contributed by atoms with Crippen LogP contribution in [0.25, 0.3) is 10.9 Å². The molecule has 1 unspecified atom stereocenters. The van der Waals surface area contributed by atoms with Crippen LogP contribution in [0.5, 0.6) is 5.75 Å². The van der Waals surface area contributed by atoms with Crippen LogP contribution in [0.15, 0.2) is 138 Å². The highest BCUT2D eigenvalue weighted by Crippen LogP contribution is 2.33. The number of amides is 1. The van der Waals surface area contributed by atoms with Crippen LogP contribution in [0.1, 0.15) is 62.7 Å². The molecule has 11 heteroatoms. The number of piperidine rings is 1. The minimum atomic E-state index is -2.01. The van der Waals surface area contributed by atoms with Crippen molar-refractivity contribution in [3.63, 3.8) is 0 Å². The molecule has 0 aliphatic carbocycles. The summed E-state index contributed by atoms with van der Waals surface area (Å²) in [5, 5.41) is 39.9. The first-order chi connectivity index (χ1) is 28.7. The lowest BCUT2D eigenvalue weighted by Crippen LogP contribution is -2.40. The van der Waals surface area contributed by atoms with E-state index in [0.717, 1.165) is 43.6 Å². The minimum absolute atomic E-state index is 0.0669. The van der Waals surface area contributed by atoms with Crippen LogP contribution in [-0.2, 0) is 34.6 Å². The van der Waals surface area contributed by atoms with Gasteiger partial charge in [-0.3, -0.25) is 14.5 Å². The third-order valence-corrected chi connectivity index (χ3v) is 11.1. The molecule has 0 saturated carbocycles. The number of aromatic hydroxyl groups is 1. The average Bonchev–Trinajstić information content (AvgIpc) is 3.27. The van der Waals surface area contributed by atoms with Gasteiger partial charge in [0.05, 0.1) is 18.2 Å². The summed E-state index contributed by atoms with van der Waals surface area (Å²) < 4.78 is 5.89. The van der Waals surface area contributed by atoms with Crippen LogP contribution in [0.2, 0.25) is 0 Å². The number of carbonyl (C=O) groups excluding carboxylic acids is 2. The fraction of sp³-hybridized carbons (Fsp3) is 0.271. The third-order valence-electron chi connectivity index (χ3n) is 11.1. The lowest BCUT2D eigenvalue weighted by Gasteiger charge is -2.33. The molecule has 7 rings (SSSR count). The molecule has 0 spiro atoms. The molecule has 2 atom stereocenters. The van der Waals surface area contributed by atoms with Crippen molar-refractivity contribution in [3.8, 4) is 5.75 Å². The zero-order valence-corrected chi connectivity index (χ0v) is 32.8. The Morgan fingerprint density at radius 2 is 1.51 bits per heavy atom. The molecule has 0 bridgehead atoms. The normalized spacial score (nSPS) is 15.0. The average molecular weight is 795 g/mol. The highest BCUT2D eigenvalue weighted by atomic mass is 16.5. The van der Waals surface area contributed by atoms with Crippen molar-refractivity contribution in [3.05, 3.63) is 183 Å². The van der Waals surface area contributed by atoms with E-state index in [4.69, 9.17) is 4.74 Å². The zero-order valence-electron chi connectivity index (χ0n) is 32.8. The van der Waals surface area contributed by atoms with Crippen molar-refractivity contribution in [2.75, 3.05) is 32.8 Å². The molecule has 1 saturated heterocycles. The van der Waals surface area contributed by atoms with Gasteiger partial charge in [-0.25, -0.2) is 4.79 Å². The molecular formula is C48H50N4O7. The maximum Gasteiger partial charge on any atom is 0.347 e. The second-order valence-electron chi connectivity index (χ2n) is 15.2. The topological polar surface area (TPSA) is 164 Å². The van der Waals surface area contributed by atoms with Gasteiger partial charge in [0.25, 0.3) is 5.91 Å². The Kier molecular flexibility index (Phi) is 13.3. The highest BCUT2D eigenvalue weighted by molar-refractivity contribution is 5.94. The molecule has 0 radical (unpaired) electrons. The summed E-state index contributed by atoms with van der Waals surface area (Å²) in [4.78, 5) is 43.7. The number of hydrogen-bond acceptors (Lipinski definition) is 9. The van der Waals surface area contributed by atoms with E-state index in [1.807, 2.05) is 30.3 Å². The van der Waals surface area contributed by atoms with Gasteiger partial charge in [0, 0.05) is 43.2 Å². The van der Waals surface area contributed by atoms with Crippen LogP contribution < -0.4 is 16.2 Å². The number of hydrogen-bond donors (Lipinski definition) is 6. The molecule has 59 heavy (non-hydrogen) atoms. The van der Waals surface area contributed by atoms with Crippen molar-refractivity contribution in [1.82, 2.24) is 20.5 Å². The number of aromatic amines is 1. The van der Waals surface area contributed by atoms with E-state index in [1.165, 1.54) is 17.7 Å². The number of fused-ring (bicyclic) bond motifs is 1. The quantitative estimate of drug-likeness (QED) is 0.0673. The van der Waals surface area contributed by atoms with E-state index in [9.17, 15) is 29.7 Å². The number of carbonyl (C=O) groups is 2. The Balaban J connectivity index is 0.900. The zero-order chi connectivity index (χ0) is 41.2. The first-order valence-corrected chi connectivity index (χ1v) is 20.1. The Morgan fingerprint density at radius 3 is 2.25 bits per heavy atom. The fourth-order valence-electron chi connectivity index (χ4n) is 7.69. The molecule has 304 valence electrons. The summed E-state index contributed by atoms with van der Waals surface area (Å²) in [6, 6.07) is 39.7. The lowest BCUT2D eigenvalue weighted by atomic mass is 9.85. The number of benzene rings is 5. The molecule has 1 aliphatic rings. The largest absolute Gasteiger partial charge is 0.506 e. The Labute approximate surface area is 343 Å². The molecule has 5 aromatic carbocycles. The predicted octanol–water partition coefficient (Wildman–Crippen LogP) is 5.72. The predicted molar refractivity (Wildman–Crippen MR) is 227 cm³/mol. The fourth-order valence-corrected chi connectivity index (χ4v) is 7.69. The second-order valence-corrected chi connectivity index (χ2v) is 15.2. The van der Waals surface area contributed by atoms with Crippen molar-refractivity contribution in [2.45, 2.75) is 44.1 Å². The Hall–Kier alpha value is -6.11. The SMILES string of the molecule is O=C(NCCc1cccc(C(O)(C(=O)OCC2CCN(Cc3ccccc3)CC2)c2ccccc2)c1)c1ccc(CNC[C@@H](O)c2ccc(O)c3[nH]c(=O)ccc23)cc1. The van der Waals surface area contributed by atoms with Gasteiger partial charge in [0.1, 0.15) is 5.75 Å². The summed E-state index contributed by atoms with van der Waals surface area (Å²) in [6.45, 7) is 3.98. The molecule has 6 N–H and O–H groups in total. The van der Waals surface area contributed by atoms with Crippen molar-refractivity contribution >= 4 is 22.8 Å². The molecule has 1 fully saturated rings. The van der Waals surface area contributed by atoms with E-state index >= 15 is 0 Å². The number of likely N-dealkylation sites (tertiary alicyclic amines) is 1. The molecule has 2 heterocycles. The number of esters is 1. The molecule has 1 aliphatic heterocycles. The number of phenolic OH excluding ortho intramolecular Hbond substituents is 1. The molecule has 1 amide bonds. The van der Waals surface area contributed by atoms with Gasteiger partial charge in [-0.15, -0.1) is 0 Å². The monoisotopic (exact) mass is 794 g/mol. The number of aliphatic hydroxyl groups excluding tert-OH is 1. The summed E-state index contributed by atoms with van der Waals surface area (Å²) in [7, 11) is 0. The number of pyridine rings is 1. The van der Waals surface area contributed by atoms with E-state index in [0.29, 0.717) is 47.2 Å². The summed E-state index contributed by atoms with van der Waals surface area (Å²) >= 11 is 0. The van der Waals surface area contributed by atoms with Crippen LogP contribution in [-0.4, -0.2) is 69.9 Å². The molecular weight excluding hydrogens is 745 g/mol. The number of aromatic nitrogens is 1. The smallest absolute Gasteiger partial charge is 0.347 e. The van der Waals surface area contributed by atoms with Gasteiger partial charge in [-0.1, -0.05) is 103 Å². The first-order valence-electron chi connectivity index (χ1n) is 20.1.